The monoisotopic (exact) mass is 400 g/mol. The average molecular weight is 401 g/mol. The number of carbonyl (C=O) groups is 2. The predicted molar refractivity (Wildman–Crippen MR) is 107 cm³/mol. The SMILES string of the molecule is CN(Cc1ccc2c(c1)OCCO2)C(=O)[C@@H]1CCCN1C(=O)Cc1cccs1. The summed E-state index contributed by atoms with van der Waals surface area (Å²) in [6.07, 6.45) is 1.96. The molecule has 1 saturated heterocycles. The number of ether oxygens (including phenoxy) is 2. The van der Waals surface area contributed by atoms with Gasteiger partial charge in [0.25, 0.3) is 0 Å². The highest BCUT2D eigenvalue weighted by Gasteiger charge is 2.35. The topological polar surface area (TPSA) is 59.1 Å². The first-order valence-electron chi connectivity index (χ1n) is 9.57. The third kappa shape index (κ3) is 3.99. The molecule has 0 N–H and O–H groups in total. The van der Waals surface area contributed by atoms with E-state index >= 15 is 0 Å². The number of rotatable bonds is 5. The zero-order valence-corrected chi connectivity index (χ0v) is 16.7. The van der Waals surface area contributed by atoms with Crippen molar-refractivity contribution in [3.05, 3.63) is 46.2 Å². The molecule has 1 fully saturated rings. The standard InChI is InChI=1S/C21H24N2O4S/c1-22(14-15-6-7-18-19(12-15)27-10-9-26-18)21(25)17-5-2-8-23(17)20(24)13-16-4-3-11-28-16/h3-4,6-7,11-12,17H,2,5,8-10,13-14H2,1H3/t17-/m0/s1. The molecule has 0 bridgehead atoms. The molecule has 1 atom stereocenters. The molecule has 2 aliphatic heterocycles. The summed E-state index contributed by atoms with van der Waals surface area (Å²) in [5.41, 5.74) is 0.981. The maximum atomic E-state index is 13.0. The first-order valence-corrected chi connectivity index (χ1v) is 10.4. The van der Waals surface area contributed by atoms with Crippen LogP contribution in [0.3, 0.4) is 0 Å². The molecular weight excluding hydrogens is 376 g/mol. The third-order valence-corrected chi connectivity index (χ3v) is 6.04. The van der Waals surface area contributed by atoms with Crippen LogP contribution in [0.15, 0.2) is 35.7 Å². The van der Waals surface area contributed by atoms with E-state index in [9.17, 15) is 9.59 Å². The summed E-state index contributed by atoms with van der Waals surface area (Å²) in [5, 5.41) is 1.97. The number of hydrogen-bond acceptors (Lipinski definition) is 5. The van der Waals surface area contributed by atoms with Crippen LogP contribution < -0.4 is 9.47 Å². The molecule has 2 amide bonds. The molecule has 6 nitrogen and oxygen atoms in total. The molecule has 7 heteroatoms. The van der Waals surface area contributed by atoms with E-state index in [1.54, 1.807) is 28.2 Å². The highest BCUT2D eigenvalue weighted by atomic mass is 32.1. The lowest BCUT2D eigenvalue weighted by molar-refractivity contribution is -0.143. The van der Waals surface area contributed by atoms with Gasteiger partial charge in [-0.1, -0.05) is 12.1 Å². The molecule has 0 unspecified atom stereocenters. The van der Waals surface area contributed by atoms with Crippen LogP contribution in [0.25, 0.3) is 0 Å². The zero-order valence-electron chi connectivity index (χ0n) is 15.9. The molecule has 2 aliphatic rings. The third-order valence-electron chi connectivity index (χ3n) is 5.17. The van der Waals surface area contributed by atoms with E-state index in [4.69, 9.17) is 9.47 Å². The van der Waals surface area contributed by atoms with Gasteiger partial charge in [-0.25, -0.2) is 0 Å². The Balaban J connectivity index is 1.40. The minimum atomic E-state index is -0.366. The molecule has 0 saturated carbocycles. The van der Waals surface area contributed by atoms with Crippen molar-refractivity contribution in [1.29, 1.82) is 0 Å². The van der Waals surface area contributed by atoms with Gasteiger partial charge in [-0.3, -0.25) is 9.59 Å². The van der Waals surface area contributed by atoms with Gasteiger partial charge >= 0.3 is 0 Å². The Morgan fingerprint density at radius 2 is 2.04 bits per heavy atom. The van der Waals surface area contributed by atoms with Gasteiger partial charge < -0.3 is 19.3 Å². The molecule has 148 valence electrons. The summed E-state index contributed by atoms with van der Waals surface area (Å²) < 4.78 is 11.2. The Morgan fingerprint density at radius 1 is 1.21 bits per heavy atom. The molecule has 1 aromatic carbocycles. The van der Waals surface area contributed by atoms with Gasteiger partial charge in [0.05, 0.1) is 6.42 Å². The highest BCUT2D eigenvalue weighted by molar-refractivity contribution is 7.10. The first-order chi connectivity index (χ1) is 13.6. The van der Waals surface area contributed by atoms with Crippen LogP contribution in [-0.2, 0) is 22.6 Å². The van der Waals surface area contributed by atoms with E-state index in [-0.39, 0.29) is 17.9 Å². The van der Waals surface area contributed by atoms with E-state index in [0.717, 1.165) is 34.8 Å². The maximum absolute atomic E-state index is 13.0. The Hall–Kier alpha value is -2.54. The van der Waals surface area contributed by atoms with E-state index < -0.39 is 0 Å². The van der Waals surface area contributed by atoms with Crippen LogP contribution >= 0.6 is 11.3 Å². The summed E-state index contributed by atoms with van der Waals surface area (Å²) in [7, 11) is 1.79. The van der Waals surface area contributed by atoms with E-state index in [0.29, 0.717) is 32.7 Å². The summed E-state index contributed by atoms with van der Waals surface area (Å²) in [6, 6.07) is 9.30. The zero-order chi connectivity index (χ0) is 19.5. The Bertz CT molecular complexity index is 852. The minimum absolute atomic E-state index is 0.00748. The molecule has 1 aromatic heterocycles. The van der Waals surface area contributed by atoms with Crippen molar-refractivity contribution >= 4 is 23.2 Å². The van der Waals surface area contributed by atoms with Crippen molar-refractivity contribution < 1.29 is 19.1 Å². The molecule has 3 heterocycles. The fourth-order valence-corrected chi connectivity index (χ4v) is 4.47. The van der Waals surface area contributed by atoms with Crippen LogP contribution in [0, 0.1) is 0 Å². The van der Waals surface area contributed by atoms with Gasteiger partial charge in [0.2, 0.25) is 11.8 Å². The van der Waals surface area contributed by atoms with Gasteiger partial charge in [-0.15, -0.1) is 11.3 Å². The summed E-state index contributed by atoms with van der Waals surface area (Å²) in [6.45, 7) is 2.22. The second kappa shape index (κ2) is 8.22. The number of likely N-dealkylation sites (tertiary alicyclic amines) is 1. The number of thiophene rings is 1. The lowest BCUT2D eigenvalue weighted by Gasteiger charge is -2.28. The molecule has 4 rings (SSSR count). The Labute approximate surface area is 168 Å². The number of amides is 2. The fourth-order valence-electron chi connectivity index (χ4n) is 3.78. The average Bonchev–Trinajstić information content (AvgIpc) is 3.39. The van der Waals surface area contributed by atoms with Gasteiger partial charge in [-0.2, -0.15) is 0 Å². The normalized spacial score (nSPS) is 18.2. The highest BCUT2D eigenvalue weighted by Crippen LogP contribution is 2.31. The largest absolute Gasteiger partial charge is 0.486 e. The number of fused-ring (bicyclic) bond motifs is 1. The number of hydrogen-bond donors (Lipinski definition) is 0. The fraction of sp³-hybridized carbons (Fsp3) is 0.429. The van der Waals surface area contributed by atoms with Crippen LogP contribution in [0.2, 0.25) is 0 Å². The van der Waals surface area contributed by atoms with Crippen molar-refractivity contribution in [1.82, 2.24) is 9.80 Å². The summed E-state index contributed by atoms with van der Waals surface area (Å²) in [4.78, 5) is 30.2. The molecule has 28 heavy (non-hydrogen) atoms. The first kappa shape index (κ1) is 18.8. The van der Waals surface area contributed by atoms with Crippen molar-refractivity contribution in [2.45, 2.75) is 31.8 Å². The molecule has 0 radical (unpaired) electrons. The predicted octanol–water partition coefficient (Wildman–Crippen LogP) is 2.71. The quantitative estimate of drug-likeness (QED) is 0.774. The molecule has 2 aromatic rings. The number of benzene rings is 1. The number of nitrogens with zero attached hydrogens (tertiary/aromatic N) is 2. The van der Waals surface area contributed by atoms with Crippen LogP contribution in [0.5, 0.6) is 11.5 Å². The van der Waals surface area contributed by atoms with E-state index in [1.807, 2.05) is 35.7 Å². The van der Waals surface area contributed by atoms with Crippen molar-refractivity contribution in [2.24, 2.45) is 0 Å². The van der Waals surface area contributed by atoms with Crippen LogP contribution in [-0.4, -0.2) is 54.5 Å². The number of carbonyl (C=O) groups excluding carboxylic acids is 2. The Morgan fingerprint density at radius 3 is 2.82 bits per heavy atom. The van der Waals surface area contributed by atoms with Gasteiger partial charge in [0, 0.05) is 25.0 Å². The van der Waals surface area contributed by atoms with Crippen molar-refractivity contribution in [2.75, 3.05) is 26.8 Å². The molecular formula is C21H24N2O4S. The van der Waals surface area contributed by atoms with Crippen LogP contribution in [0.1, 0.15) is 23.3 Å². The van der Waals surface area contributed by atoms with Gasteiger partial charge in [0.1, 0.15) is 19.3 Å². The summed E-state index contributed by atoms with van der Waals surface area (Å²) in [5.74, 6) is 1.49. The van der Waals surface area contributed by atoms with Gasteiger partial charge in [-0.05, 0) is 42.0 Å². The Kier molecular flexibility index (Phi) is 5.52. The van der Waals surface area contributed by atoms with Crippen LogP contribution in [0.4, 0.5) is 0 Å². The smallest absolute Gasteiger partial charge is 0.245 e. The lowest BCUT2D eigenvalue weighted by Crippen LogP contribution is -2.46. The van der Waals surface area contributed by atoms with Crippen molar-refractivity contribution in [3.8, 4) is 11.5 Å². The molecule has 0 spiro atoms. The number of likely N-dealkylation sites (N-methyl/N-ethyl adjacent to an activating group) is 1. The van der Waals surface area contributed by atoms with E-state index in [1.165, 1.54) is 0 Å². The summed E-state index contributed by atoms with van der Waals surface area (Å²) >= 11 is 1.57. The second-order valence-corrected chi connectivity index (χ2v) is 8.21. The second-order valence-electron chi connectivity index (χ2n) is 7.17. The maximum Gasteiger partial charge on any atom is 0.245 e. The molecule has 0 aliphatic carbocycles. The van der Waals surface area contributed by atoms with Gasteiger partial charge in [0.15, 0.2) is 11.5 Å². The van der Waals surface area contributed by atoms with E-state index in [2.05, 4.69) is 0 Å². The lowest BCUT2D eigenvalue weighted by atomic mass is 10.1. The minimum Gasteiger partial charge on any atom is -0.486 e. The van der Waals surface area contributed by atoms with Crippen molar-refractivity contribution in [3.63, 3.8) is 0 Å².